The molecule has 4 nitrogen and oxygen atoms in total. The summed E-state index contributed by atoms with van der Waals surface area (Å²) in [7, 11) is 1.67. The molecule has 0 aliphatic carbocycles. The Hall–Kier alpha value is -1.55. The van der Waals surface area contributed by atoms with Gasteiger partial charge in [-0.3, -0.25) is 4.79 Å². The van der Waals surface area contributed by atoms with Crippen LogP contribution in [-0.4, -0.2) is 18.2 Å². The zero-order chi connectivity index (χ0) is 16.5. The lowest BCUT2D eigenvalue weighted by atomic mass is 9.90. The third-order valence-corrected chi connectivity index (χ3v) is 3.03. The van der Waals surface area contributed by atoms with Gasteiger partial charge in [0.05, 0.1) is 7.11 Å². The van der Waals surface area contributed by atoms with E-state index in [4.69, 9.17) is 15.6 Å². The molecule has 0 aliphatic rings. The molecular weight excluding hydrogens is 266 g/mol. The standard InChI is InChI=1S/C9H13NO.C8H16O2/c1-7-3-4-8(6-10)5-9(7)11-2;1-8(2,3)6-4-5-7(9)10/h3-5H,6,10H2,1-2H3;4-6H2,1-3H3,(H,9,10). The average molecular weight is 295 g/mol. The highest BCUT2D eigenvalue weighted by molar-refractivity contribution is 5.66. The van der Waals surface area contributed by atoms with Gasteiger partial charge in [0.15, 0.2) is 0 Å². The van der Waals surface area contributed by atoms with Gasteiger partial charge in [-0.05, 0) is 42.4 Å². The molecule has 120 valence electrons. The largest absolute Gasteiger partial charge is 0.496 e. The first-order valence-corrected chi connectivity index (χ1v) is 7.25. The zero-order valence-corrected chi connectivity index (χ0v) is 13.9. The minimum atomic E-state index is -0.691. The third-order valence-electron chi connectivity index (χ3n) is 3.03. The van der Waals surface area contributed by atoms with Crippen LogP contribution in [-0.2, 0) is 11.3 Å². The zero-order valence-electron chi connectivity index (χ0n) is 13.9. The minimum absolute atomic E-state index is 0.273. The molecule has 0 bridgehead atoms. The number of methoxy groups -OCH3 is 1. The number of nitrogens with two attached hydrogens (primary N) is 1. The van der Waals surface area contributed by atoms with E-state index in [0.29, 0.717) is 13.0 Å². The molecule has 3 N–H and O–H groups in total. The van der Waals surface area contributed by atoms with E-state index in [1.165, 1.54) is 0 Å². The second kappa shape index (κ2) is 9.40. The van der Waals surface area contributed by atoms with Gasteiger partial charge in [0.25, 0.3) is 0 Å². The van der Waals surface area contributed by atoms with Crippen molar-refractivity contribution in [2.75, 3.05) is 7.11 Å². The van der Waals surface area contributed by atoms with Crippen molar-refractivity contribution in [3.05, 3.63) is 29.3 Å². The van der Waals surface area contributed by atoms with Crippen LogP contribution in [0.5, 0.6) is 5.75 Å². The Labute approximate surface area is 128 Å². The smallest absolute Gasteiger partial charge is 0.303 e. The van der Waals surface area contributed by atoms with Crippen molar-refractivity contribution < 1.29 is 14.6 Å². The topological polar surface area (TPSA) is 72.5 Å². The maximum absolute atomic E-state index is 10.1. The molecule has 0 unspecified atom stereocenters. The number of carboxylic acid groups (broad SMARTS) is 1. The molecule has 0 radical (unpaired) electrons. The van der Waals surface area contributed by atoms with Crippen molar-refractivity contribution in [1.82, 2.24) is 0 Å². The molecule has 1 rings (SSSR count). The molecule has 0 aromatic heterocycles. The van der Waals surface area contributed by atoms with E-state index in [1.807, 2.05) is 25.1 Å². The fourth-order valence-corrected chi connectivity index (χ4v) is 1.76. The summed E-state index contributed by atoms with van der Waals surface area (Å²) in [6.07, 6.45) is 2.08. The quantitative estimate of drug-likeness (QED) is 0.867. The van der Waals surface area contributed by atoms with Crippen LogP contribution in [0, 0.1) is 12.3 Å². The second-order valence-electron chi connectivity index (χ2n) is 6.32. The van der Waals surface area contributed by atoms with Gasteiger partial charge in [-0.15, -0.1) is 0 Å². The molecule has 4 heteroatoms. The molecule has 1 aromatic carbocycles. The molecule has 1 aromatic rings. The number of ether oxygens (including phenoxy) is 1. The first-order valence-electron chi connectivity index (χ1n) is 7.25. The van der Waals surface area contributed by atoms with Gasteiger partial charge < -0.3 is 15.6 Å². The van der Waals surface area contributed by atoms with Gasteiger partial charge in [-0.1, -0.05) is 32.9 Å². The van der Waals surface area contributed by atoms with Crippen molar-refractivity contribution in [2.24, 2.45) is 11.1 Å². The lowest BCUT2D eigenvalue weighted by Crippen LogP contribution is -2.05. The van der Waals surface area contributed by atoms with E-state index in [1.54, 1.807) is 7.11 Å². The Morgan fingerprint density at radius 2 is 1.95 bits per heavy atom. The molecule has 0 aliphatic heterocycles. The molecule has 0 spiro atoms. The minimum Gasteiger partial charge on any atom is -0.496 e. The van der Waals surface area contributed by atoms with E-state index < -0.39 is 5.97 Å². The number of hydrogen-bond acceptors (Lipinski definition) is 3. The number of carbonyl (C=O) groups is 1. The van der Waals surface area contributed by atoms with Crippen molar-refractivity contribution in [2.45, 2.75) is 53.5 Å². The number of benzene rings is 1. The molecular formula is C17H29NO3. The summed E-state index contributed by atoms with van der Waals surface area (Å²) >= 11 is 0. The molecule has 0 fully saturated rings. The maximum Gasteiger partial charge on any atom is 0.303 e. The van der Waals surface area contributed by atoms with Crippen LogP contribution in [0.2, 0.25) is 0 Å². The molecule has 0 amide bonds. The van der Waals surface area contributed by atoms with Crippen molar-refractivity contribution >= 4 is 5.97 Å². The predicted molar refractivity (Wildman–Crippen MR) is 86.6 cm³/mol. The van der Waals surface area contributed by atoms with E-state index in [-0.39, 0.29) is 5.41 Å². The Morgan fingerprint density at radius 1 is 1.33 bits per heavy atom. The van der Waals surface area contributed by atoms with Crippen LogP contribution in [0.25, 0.3) is 0 Å². The van der Waals surface area contributed by atoms with Gasteiger partial charge in [-0.25, -0.2) is 0 Å². The lowest BCUT2D eigenvalue weighted by Gasteiger charge is -2.16. The molecule has 0 saturated heterocycles. The number of aryl methyl sites for hydroxylation is 1. The van der Waals surface area contributed by atoms with Gasteiger partial charge in [-0.2, -0.15) is 0 Å². The highest BCUT2D eigenvalue weighted by Crippen LogP contribution is 2.21. The van der Waals surface area contributed by atoms with Crippen LogP contribution in [0.4, 0.5) is 0 Å². The van der Waals surface area contributed by atoms with Crippen LogP contribution in [0.1, 0.15) is 51.2 Å². The van der Waals surface area contributed by atoms with Crippen LogP contribution in [0.15, 0.2) is 18.2 Å². The average Bonchev–Trinajstić information content (AvgIpc) is 2.38. The second-order valence-corrected chi connectivity index (χ2v) is 6.32. The van der Waals surface area contributed by atoms with Crippen LogP contribution >= 0.6 is 0 Å². The Bertz CT molecular complexity index is 436. The van der Waals surface area contributed by atoms with E-state index in [0.717, 1.165) is 29.7 Å². The van der Waals surface area contributed by atoms with E-state index in [9.17, 15) is 4.79 Å². The first-order chi connectivity index (χ1) is 9.69. The summed E-state index contributed by atoms with van der Waals surface area (Å²) in [6, 6.07) is 5.99. The Kier molecular flexibility index (Phi) is 8.70. The SMILES string of the molecule is CC(C)(C)CCCC(=O)O.COc1cc(CN)ccc1C. The highest BCUT2D eigenvalue weighted by Gasteiger charge is 2.09. The van der Waals surface area contributed by atoms with Crippen molar-refractivity contribution in [3.8, 4) is 5.75 Å². The van der Waals surface area contributed by atoms with Crippen molar-refractivity contribution in [1.29, 1.82) is 0 Å². The van der Waals surface area contributed by atoms with Crippen molar-refractivity contribution in [3.63, 3.8) is 0 Å². The first kappa shape index (κ1) is 19.4. The van der Waals surface area contributed by atoms with Gasteiger partial charge >= 0.3 is 5.97 Å². The monoisotopic (exact) mass is 295 g/mol. The summed E-state index contributed by atoms with van der Waals surface area (Å²) < 4.78 is 5.13. The Balaban J connectivity index is 0.000000384. The molecule has 0 atom stereocenters. The third kappa shape index (κ3) is 9.91. The normalized spacial score (nSPS) is 10.6. The molecule has 0 saturated carbocycles. The maximum atomic E-state index is 10.1. The molecule has 0 heterocycles. The molecule has 21 heavy (non-hydrogen) atoms. The van der Waals surface area contributed by atoms with Crippen LogP contribution < -0.4 is 10.5 Å². The Morgan fingerprint density at radius 3 is 2.38 bits per heavy atom. The van der Waals surface area contributed by atoms with Gasteiger partial charge in [0.2, 0.25) is 0 Å². The fourth-order valence-electron chi connectivity index (χ4n) is 1.76. The van der Waals surface area contributed by atoms with Gasteiger partial charge in [0, 0.05) is 13.0 Å². The summed E-state index contributed by atoms with van der Waals surface area (Å²) in [5.41, 5.74) is 7.99. The summed E-state index contributed by atoms with van der Waals surface area (Å²) in [4.78, 5) is 10.1. The summed E-state index contributed by atoms with van der Waals surface area (Å²) in [5.74, 6) is 0.220. The number of aliphatic carboxylic acids is 1. The van der Waals surface area contributed by atoms with Crippen LogP contribution in [0.3, 0.4) is 0 Å². The summed E-state index contributed by atoms with van der Waals surface area (Å²) in [6.45, 7) is 8.94. The van der Waals surface area contributed by atoms with Gasteiger partial charge in [0.1, 0.15) is 5.75 Å². The number of hydrogen-bond donors (Lipinski definition) is 2. The number of rotatable bonds is 5. The van der Waals surface area contributed by atoms with E-state index in [2.05, 4.69) is 20.8 Å². The van der Waals surface area contributed by atoms with E-state index >= 15 is 0 Å². The number of carboxylic acids is 1. The predicted octanol–water partition coefficient (Wildman–Crippen LogP) is 3.75. The lowest BCUT2D eigenvalue weighted by molar-refractivity contribution is -0.137. The highest BCUT2D eigenvalue weighted by atomic mass is 16.5. The fraction of sp³-hybridized carbons (Fsp3) is 0.588. The summed E-state index contributed by atoms with van der Waals surface area (Å²) in [5, 5.41) is 8.31.